The maximum absolute atomic E-state index is 12.9. The molecule has 3 rings (SSSR count). The van der Waals surface area contributed by atoms with Crippen LogP contribution in [0.2, 0.25) is 0 Å². The average Bonchev–Trinajstić information content (AvgIpc) is 3.00. The molecule has 0 saturated carbocycles. The lowest BCUT2D eigenvalue weighted by atomic mass is 10.1. The highest BCUT2D eigenvalue weighted by Crippen LogP contribution is 2.35. The van der Waals surface area contributed by atoms with E-state index in [4.69, 9.17) is 21.7 Å². The van der Waals surface area contributed by atoms with Gasteiger partial charge in [-0.1, -0.05) is 48.2 Å². The normalized spacial score (nSPS) is 16.1. The lowest BCUT2D eigenvalue weighted by Crippen LogP contribution is -2.44. The Bertz CT molecular complexity index is 976. The number of benzene rings is 2. The van der Waals surface area contributed by atoms with Crippen LogP contribution in [0.4, 0.5) is 5.69 Å². The van der Waals surface area contributed by atoms with Crippen molar-refractivity contribution in [2.24, 2.45) is 0 Å². The van der Waals surface area contributed by atoms with E-state index in [1.807, 2.05) is 24.3 Å². The number of hydrogen-bond donors (Lipinski definition) is 1. The van der Waals surface area contributed by atoms with Gasteiger partial charge in [-0.2, -0.15) is 0 Å². The molecule has 1 N–H and O–H groups in total. The number of para-hydroxylation sites is 1. The van der Waals surface area contributed by atoms with Crippen molar-refractivity contribution in [1.82, 2.24) is 4.90 Å². The molecule has 1 heterocycles. The molecule has 1 fully saturated rings. The fraction of sp³-hybridized carbons (Fsp3) is 0.190. The van der Waals surface area contributed by atoms with Gasteiger partial charge < -0.3 is 14.8 Å². The van der Waals surface area contributed by atoms with Crippen molar-refractivity contribution < 1.29 is 19.1 Å². The number of rotatable bonds is 6. The predicted octanol–water partition coefficient (Wildman–Crippen LogP) is 3.93. The average molecular weight is 429 g/mol. The molecule has 1 saturated heterocycles. The second-order valence-corrected chi connectivity index (χ2v) is 7.87. The quantitative estimate of drug-likeness (QED) is 0.555. The van der Waals surface area contributed by atoms with E-state index in [0.29, 0.717) is 26.4 Å². The molecule has 2 amide bonds. The molecular weight excluding hydrogens is 408 g/mol. The van der Waals surface area contributed by atoms with E-state index in [0.717, 1.165) is 5.56 Å². The Labute approximate surface area is 178 Å². The third-order valence-electron chi connectivity index (χ3n) is 4.34. The third kappa shape index (κ3) is 4.60. The van der Waals surface area contributed by atoms with Crippen molar-refractivity contribution in [2.45, 2.75) is 13.0 Å². The second kappa shape index (κ2) is 9.11. The van der Waals surface area contributed by atoms with Crippen LogP contribution in [0.15, 0.2) is 53.4 Å². The number of carbonyl (C=O) groups excluding carboxylic acids is 2. The maximum atomic E-state index is 12.9. The number of hydrogen-bond acceptors (Lipinski definition) is 6. The number of amides is 2. The van der Waals surface area contributed by atoms with Gasteiger partial charge in [0.1, 0.15) is 10.4 Å². The lowest BCUT2D eigenvalue weighted by Gasteiger charge is -2.22. The minimum Gasteiger partial charge on any atom is -0.493 e. The van der Waals surface area contributed by atoms with Crippen LogP contribution in [-0.2, 0) is 9.59 Å². The van der Waals surface area contributed by atoms with Crippen LogP contribution in [0, 0.1) is 0 Å². The number of thiocarbonyl (C=S) groups is 1. The van der Waals surface area contributed by atoms with E-state index in [9.17, 15) is 9.59 Å². The Kier molecular flexibility index (Phi) is 6.56. The molecule has 29 heavy (non-hydrogen) atoms. The van der Waals surface area contributed by atoms with Gasteiger partial charge >= 0.3 is 0 Å². The molecule has 0 aromatic heterocycles. The van der Waals surface area contributed by atoms with Gasteiger partial charge in [0.2, 0.25) is 5.91 Å². The zero-order chi connectivity index (χ0) is 21.0. The number of thioether (sulfide) groups is 1. The van der Waals surface area contributed by atoms with Gasteiger partial charge in [-0.15, -0.1) is 0 Å². The second-order valence-electron chi connectivity index (χ2n) is 6.20. The zero-order valence-electron chi connectivity index (χ0n) is 16.2. The summed E-state index contributed by atoms with van der Waals surface area (Å²) in [5.74, 6) is 0.557. The van der Waals surface area contributed by atoms with Crippen molar-refractivity contribution in [2.75, 3.05) is 19.5 Å². The first kappa shape index (κ1) is 20.9. The Balaban J connectivity index is 1.78. The summed E-state index contributed by atoms with van der Waals surface area (Å²) in [5.41, 5.74) is 1.43. The van der Waals surface area contributed by atoms with E-state index < -0.39 is 6.04 Å². The maximum Gasteiger partial charge on any atom is 0.266 e. The Morgan fingerprint density at radius 2 is 1.83 bits per heavy atom. The van der Waals surface area contributed by atoms with Crippen molar-refractivity contribution in [1.29, 1.82) is 0 Å². The minimum atomic E-state index is -0.737. The molecule has 6 nitrogen and oxygen atoms in total. The fourth-order valence-corrected chi connectivity index (χ4v) is 4.21. The van der Waals surface area contributed by atoms with Gasteiger partial charge in [0.25, 0.3) is 5.91 Å². The van der Waals surface area contributed by atoms with Crippen LogP contribution in [0.25, 0.3) is 6.08 Å². The van der Waals surface area contributed by atoms with E-state index in [1.54, 1.807) is 51.5 Å². The molecule has 0 bridgehead atoms. The van der Waals surface area contributed by atoms with Gasteiger partial charge in [-0.05, 0) is 42.8 Å². The summed E-state index contributed by atoms with van der Waals surface area (Å²) >= 11 is 6.53. The molecule has 150 valence electrons. The van der Waals surface area contributed by atoms with Gasteiger partial charge in [-0.25, -0.2) is 0 Å². The molecule has 1 unspecified atom stereocenters. The van der Waals surface area contributed by atoms with Crippen molar-refractivity contribution in [3.63, 3.8) is 0 Å². The standard InChI is InChI=1S/C21H20N2O4S2/c1-13(19(24)22-15-7-5-4-6-8-15)23-20(25)18(29-21(23)28)12-14-9-10-16(26-2)17(11-14)27-3/h4-13H,1-3H3,(H,22,24)/b18-12-. The zero-order valence-corrected chi connectivity index (χ0v) is 17.8. The summed E-state index contributed by atoms with van der Waals surface area (Å²) in [4.78, 5) is 27.3. The number of methoxy groups -OCH3 is 2. The molecule has 1 atom stereocenters. The molecule has 2 aromatic rings. The summed E-state index contributed by atoms with van der Waals surface area (Å²) in [7, 11) is 3.11. The molecular formula is C21H20N2O4S2. The van der Waals surface area contributed by atoms with Crippen LogP contribution in [-0.4, -0.2) is 41.3 Å². The van der Waals surface area contributed by atoms with Gasteiger partial charge in [0.15, 0.2) is 11.5 Å². The van der Waals surface area contributed by atoms with Crippen molar-refractivity contribution in [3.05, 3.63) is 59.0 Å². The van der Waals surface area contributed by atoms with Gasteiger partial charge in [-0.3, -0.25) is 14.5 Å². The number of carbonyl (C=O) groups is 2. The monoisotopic (exact) mass is 428 g/mol. The highest BCUT2D eigenvalue weighted by Gasteiger charge is 2.38. The molecule has 0 spiro atoms. The number of nitrogens with zero attached hydrogens (tertiary/aromatic N) is 1. The summed E-state index contributed by atoms with van der Waals surface area (Å²) in [6, 6.07) is 13.7. The first-order valence-corrected chi connectivity index (χ1v) is 10.0. The molecule has 1 aliphatic heterocycles. The van der Waals surface area contributed by atoms with Crippen LogP contribution in [0.3, 0.4) is 0 Å². The van der Waals surface area contributed by atoms with Crippen LogP contribution in [0.5, 0.6) is 11.5 Å². The van der Waals surface area contributed by atoms with Crippen LogP contribution >= 0.6 is 24.0 Å². The topological polar surface area (TPSA) is 67.9 Å². The Morgan fingerprint density at radius 1 is 1.14 bits per heavy atom. The van der Waals surface area contributed by atoms with Crippen LogP contribution < -0.4 is 14.8 Å². The SMILES string of the molecule is COc1ccc(/C=C2\SC(=S)N(C(C)C(=O)Nc3ccccc3)C2=O)cc1OC. The fourth-order valence-electron chi connectivity index (χ4n) is 2.79. The van der Waals surface area contributed by atoms with E-state index >= 15 is 0 Å². The van der Waals surface area contributed by atoms with E-state index in [-0.39, 0.29) is 11.8 Å². The number of anilines is 1. The van der Waals surface area contributed by atoms with Gasteiger partial charge in [0.05, 0.1) is 19.1 Å². The van der Waals surface area contributed by atoms with Crippen molar-refractivity contribution in [3.8, 4) is 11.5 Å². The highest BCUT2D eigenvalue weighted by atomic mass is 32.2. The first-order valence-electron chi connectivity index (χ1n) is 8.79. The van der Waals surface area contributed by atoms with Crippen molar-refractivity contribution >= 4 is 51.9 Å². The summed E-state index contributed by atoms with van der Waals surface area (Å²) in [6.45, 7) is 1.66. The molecule has 1 aliphatic rings. The van der Waals surface area contributed by atoms with E-state index in [1.165, 1.54) is 16.7 Å². The third-order valence-corrected chi connectivity index (χ3v) is 5.67. The largest absolute Gasteiger partial charge is 0.493 e. The number of ether oxygens (including phenoxy) is 2. The summed E-state index contributed by atoms with van der Waals surface area (Å²) in [5, 5.41) is 2.80. The van der Waals surface area contributed by atoms with Gasteiger partial charge in [0, 0.05) is 5.69 Å². The summed E-state index contributed by atoms with van der Waals surface area (Å²) in [6.07, 6.45) is 1.73. The molecule has 0 aliphatic carbocycles. The number of nitrogens with one attached hydrogen (secondary N) is 1. The minimum absolute atomic E-state index is 0.300. The first-order chi connectivity index (χ1) is 13.9. The van der Waals surface area contributed by atoms with Crippen LogP contribution in [0.1, 0.15) is 12.5 Å². The Hall–Kier alpha value is -2.84. The van der Waals surface area contributed by atoms with E-state index in [2.05, 4.69) is 5.32 Å². The smallest absolute Gasteiger partial charge is 0.266 e. The lowest BCUT2D eigenvalue weighted by molar-refractivity contribution is -0.129. The molecule has 2 aromatic carbocycles. The molecule has 8 heteroatoms. The molecule has 0 radical (unpaired) electrons. The Morgan fingerprint density at radius 3 is 2.48 bits per heavy atom. The summed E-state index contributed by atoms with van der Waals surface area (Å²) < 4.78 is 10.9. The predicted molar refractivity (Wildman–Crippen MR) is 119 cm³/mol. The highest BCUT2D eigenvalue weighted by molar-refractivity contribution is 8.26.